The molecule has 0 unspecified atom stereocenters. The fourth-order valence-corrected chi connectivity index (χ4v) is 4.55. The van der Waals surface area contributed by atoms with Crippen LogP contribution in [0, 0.1) is 6.92 Å². The van der Waals surface area contributed by atoms with Crippen LogP contribution in [0.5, 0.6) is 5.75 Å². The third kappa shape index (κ3) is 3.40. The number of rotatable bonds is 4. The first kappa shape index (κ1) is 19.5. The van der Waals surface area contributed by atoms with Crippen molar-refractivity contribution in [1.82, 2.24) is 9.78 Å². The Balaban J connectivity index is 1.67. The van der Waals surface area contributed by atoms with Crippen LogP contribution in [0.1, 0.15) is 42.0 Å². The third-order valence-electron chi connectivity index (χ3n) is 5.85. The van der Waals surface area contributed by atoms with E-state index in [9.17, 15) is 13.6 Å². The van der Waals surface area contributed by atoms with Crippen LogP contribution in [-0.4, -0.2) is 22.2 Å². The van der Waals surface area contributed by atoms with Gasteiger partial charge >= 0.3 is 6.61 Å². The molecule has 1 aliphatic heterocycles. The summed E-state index contributed by atoms with van der Waals surface area (Å²) in [5.41, 5.74) is 5.18. The number of anilines is 1. The number of allylic oxidation sites excluding steroid dienone is 2. The summed E-state index contributed by atoms with van der Waals surface area (Å²) in [5, 5.41) is 8.26. The van der Waals surface area contributed by atoms with Gasteiger partial charge in [0.2, 0.25) is 0 Å². The molecule has 0 bridgehead atoms. The maximum absolute atomic E-state index is 13.0. The van der Waals surface area contributed by atoms with Gasteiger partial charge in [-0.25, -0.2) is 4.68 Å². The number of carbonyl (C=O) groups is 1. The lowest BCUT2D eigenvalue weighted by atomic mass is 9.76. The molecule has 0 spiro atoms. The third-order valence-corrected chi connectivity index (χ3v) is 5.85. The monoisotopic (exact) mass is 421 g/mol. The van der Waals surface area contributed by atoms with Crippen LogP contribution in [0.15, 0.2) is 65.9 Å². The minimum Gasteiger partial charge on any atom is -0.435 e. The number of ether oxygens (including phenoxy) is 1. The molecule has 7 heteroatoms. The Kier molecular flexibility index (Phi) is 4.81. The number of nitrogens with one attached hydrogen (secondary N) is 1. The molecule has 0 fully saturated rings. The fourth-order valence-electron chi connectivity index (χ4n) is 4.55. The molecular formula is C24H21F2N3O2. The van der Waals surface area contributed by atoms with E-state index in [1.54, 1.807) is 12.1 Å². The van der Waals surface area contributed by atoms with E-state index in [1.165, 1.54) is 12.1 Å². The van der Waals surface area contributed by atoms with Crippen molar-refractivity contribution < 1.29 is 18.3 Å². The summed E-state index contributed by atoms with van der Waals surface area (Å²) in [4.78, 5) is 13.0. The van der Waals surface area contributed by atoms with Crippen molar-refractivity contribution in [3.63, 3.8) is 0 Å². The van der Waals surface area contributed by atoms with Gasteiger partial charge in [0.25, 0.3) is 0 Å². The normalized spacial score (nSPS) is 17.9. The van der Waals surface area contributed by atoms with Gasteiger partial charge in [-0.1, -0.05) is 30.3 Å². The number of Topliss-reactive ketones (excluding diaryl/α,β-unsaturated/α-hetero) is 1. The van der Waals surface area contributed by atoms with Gasteiger partial charge in [-0.3, -0.25) is 4.79 Å². The van der Waals surface area contributed by atoms with E-state index >= 15 is 0 Å². The summed E-state index contributed by atoms with van der Waals surface area (Å²) in [6, 6.07) is 16.4. The summed E-state index contributed by atoms with van der Waals surface area (Å²) in [5.74, 6) is 0.741. The Hall–Kier alpha value is -3.48. The van der Waals surface area contributed by atoms with Crippen molar-refractivity contribution in [3.8, 4) is 11.4 Å². The van der Waals surface area contributed by atoms with Crippen LogP contribution < -0.4 is 10.1 Å². The molecule has 1 aromatic heterocycles. The number of benzene rings is 2. The second-order valence-electron chi connectivity index (χ2n) is 7.77. The second-order valence-corrected chi connectivity index (χ2v) is 7.77. The van der Waals surface area contributed by atoms with Crippen LogP contribution in [0.2, 0.25) is 0 Å². The average Bonchev–Trinajstić information content (AvgIpc) is 3.10. The van der Waals surface area contributed by atoms with Gasteiger partial charge in [0.1, 0.15) is 11.6 Å². The SMILES string of the molecule is Cc1nn(-c2ccccc2)c2c1[C@H](c1ccc(OC(F)F)cc1)C1=C(CCCC1=O)N2. The van der Waals surface area contributed by atoms with E-state index in [0.29, 0.717) is 6.42 Å². The zero-order valence-electron chi connectivity index (χ0n) is 16.9. The van der Waals surface area contributed by atoms with Crippen molar-refractivity contribution in [2.75, 3.05) is 5.32 Å². The van der Waals surface area contributed by atoms with Gasteiger partial charge in [0.05, 0.1) is 11.4 Å². The van der Waals surface area contributed by atoms with E-state index in [2.05, 4.69) is 10.1 Å². The first-order valence-electron chi connectivity index (χ1n) is 10.3. The molecule has 1 atom stereocenters. The Bertz CT molecular complexity index is 1170. The van der Waals surface area contributed by atoms with Crippen LogP contribution in [0.25, 0.3) is 5.69 Å². The predicted octanol–water partition coefficient (Wildman–Crippen LogP) is 5.35. The number of aryl methyl sites for hydroxylation is 1. The zero-order chi connectivity index (χ0) is 21.5. The van der Waals surface area contributed by atoms with Crippen LogP contribution in [0.3, 0.4) is 0 Å². The van der Waals surface area contributed by atoms with E-state index in [0.717, 1.165) is 52.4 Å². The molecule has 5 nitrogen and oxygen atoms in total. The average molecular weight is 421 g/mol. The van der Waals surface area contributed by atoms with Crippen LogP contribution in [0.4, 0.5) is 14.6 Å². The van der Waals surface area contributed by atoms with Gasteiger partial charge < -0.3 is 10.1 Å². The number of hydrogen-bond donors (Lipinski definition) is 1. The first-order valence-corrected chi connectivity index (χ1v) is 10.3. The van der Waals surface area contributed by atoms with Gasteiger partial charge in [0, 0.05) is 29.2 Å². The summed E-state index contributed by atoms with van der Waals surface area (Å²) in [6.45, 7) is -0.947. The molecule has 0 saturated carbocycles. The molecule has 0 amide bonds. The van der Waals surface area contributed by atoms with Crippen LogP contribution >= 0.6 is 0 Å². The number of para-hydroxylation sites is 1. The standard InChI is InChI=1S/C24H21F2N3O2/c1-14-20-21(15-10-12-17(13-11-15)31-24(25)26)22-18(8-5-9-19(22)30)27-23(20)29(28-14)16-6-3-2-4-7-16/h2-4,6-7,10-13,21,24,27H,5,8-9H2,1H3/t21-/m0/s1. The van der Waals surface area contributed by atoms with Crippen molar-refractivity contribution in [1.29, 1.82) is 0 Å². The van der Waals surface area contributed by atoms with Crippen molar-refractivity contribution in [2.45, 2.75) is 38.7 Å². The van der Waals surface area contributed by atoms with E-state index in [1.807, 2.05) is 41.9 Å². The number of nitrogens with zero attached hydrogens (tertiary/aromatic N) is 2. The Morgan fingerprint density at radius 2 is 1.84 bits per heavy atom. The number of alkyl halides is 2. The molecule has 2 aliphatic rings. The molecule has 0 radical (unpaired) electrons. The fraction of sp³-hybridized carbons (Fsp3) is 0.250. The van der Waals surface area contributed by atoms with Crippen LogP contribution in [-0.2, 0) is 4.79 Å². The Morgan fingerprint density at radius 3 is 2.55 bits per heavy atom. The molecule has 0 saturated heterocycles. The number of carbonyl (C=O) groups excluding carboxylic acids is 1. The number of halogens is 2. The highest BCUT2D eigenvalue weighted by Crippen LogP contribution is 2.47. The van der Waals surface area contributed by atoms with E-state index in [-0.39, 0.29) is 17.5 Å². The molecule has 1 N–H and O–H groups in total. The quantitative estimate of drug-likeness (QED) is 0.617. The zero-order valence-corrected chi connectivity index (χ0v) is 16.9. The maximum atomic E-state index is 13.0. The lowest BCUT2D eigenvalue weighted by molar-refractivity contribution is -0.116. The molecular weight excluding hydrogens is 400 g/mol. The minimum atomic E-state index is -2.88. The van der Waals surface area contributed by atoms with Gasteiger partial charge in [-0.05, 0) is 49.6 Å². The number of aromatic nitrogens is 2. The lowest BCUT2D eigenvalue weighted by Crippen LogP contribution is -2.27. The van der Waals surface area contributed by atoms with E-state index < -0.39 is 6.61 Å². The summed E-state index contributed by atoms with van der Waals surface area (Å²) < 4.78 is 31.5. The largest absolute Gasteiger partial charge is 0.435 e. The molecule has 5 rings (SSSR count). The summed E-state index contributed by atoms with van der Waals surface area (Å²) in [6.07, 6.45) is 2.08. The molecule has 31 heavy (non-hydrogen) atoms. The highest BCUT2D eigenvalue weighted by Gasteiger charge is 2.38. The van der Waals surface area contributed by atoms with Gasteiger partial charge in [-0.15, -0.1) is 0 Å². The summed E-state index contributed by atoms with van der Waals surface area (Å²) in [7, 11) is 0. The highest BCUT2D eigenvalue weighted by atomic mass is 19.3. The Morgan fingerprint density at radius 1 is 1.10 bits per heavy atom. The highest BCUT2D eigenvalue weighted by molar-refractivity contribution is 6.01. The number of fused-ring (bicyclic) bond motifs is 1. The smallest absolute Gasteiger partial charge is 0.387 e. The molecule has 2 heterocycles. The lowest BCUT2D eigenvalue weighted by Gasteiger charge is -2.33. The maximum Gasteiger partial charge on any atom is 0.387 e. The molecule has 2 aromatic carbocycles. The summed E-state index contributed by atoms with van der Waals surface area (Å²) >= 11 is 0. The molecule has 3 aromatic rings. The van der Waals surface area contributed by atoms with Gasteiger partial charge in [0.15, 0.2) is 5.78 Å². The van der Waals surface area contributed by atoms with Gasteiger partial charge in [-0.2, -0.15) is 13.9 Å². The van der Waals surface area contributed by atoms with E-state index in [4.69, 9.17) is 5.10 Å². The number of hydrogen-bond acceptors (Lipinski definition) is 4. The molecule has 158 valence electrons. The van der Waals surface area contributed by atoms with Crippen molar-refractivity contribution in [3.05, 3.63) is 82.7 Å². The first-order chi connectivity index (χ1) is 15.0. The van der Waals surface area contributed by atoms with Crippen molar-refractivity contribution >= 4 is 11.6 Å². The van der Waals surface area contributed by atoms with Crippen molar-refractivity contribution in [2.24, 2.45) is 0 Å². The number of ketones is 1. The second kappa shape index (κ2) is 7.65. The predicted molar refractivity (Wildman–Crippen MR) is 113 cm³/mol. The molecule has 1 aliphatic carbocycles. The minimum absolute atomic E-state index is 0.0915. The topological polar surface area (TPSA) is 56.2 Å². The Labute approximate surface area is 178 Å².